The molecule has 2 saturated carbocycles. The van der Waals surface area contributed by atoms with Crippen molar-refractivity contribution in [3.8, 4) is 0 Å². The number of amides is 5. The lowest BCUT2D eigenvalue weighted by Gasteiger charge is -2.39. The summed E-state index contributed by atoms with van der Waals surface area (Å²) in [7, 11) is 0. The van der Waals surface area contributed by atoms with Crippen LogP contribution in [0.4, 0.5) is 22.9 Å². The van der Waals surface area contributed by atoms with E-state index in [2.05, 4.69) is 69.9 Å². The van der Waals surface area contributed by atoms with E-state index in [0.717, 1.165) is 98.6 Å². The molecule has 2 aliphatic carbocycles. The van der Waals surface area contributed by atoms with Gasteiger partial charge in [-0.2, -0.15) is 0 Å². The lowest BCUT2D eigenvalue weighted by atomic mass is 9.81. The second kappa shape index (κ2) is 17.8. The summed E-state index contributed by atoms with van der Waals surface area (Å²) in [5.74, 6) is -0.136. The van der Waals surface area contributed by atoms with Crippen LogP contribution in [0.3, 0.4) is 0 Å². The molecule has 4 fully saturated rings. The molecule has 0 spiro atoms. The van der Waals surface area contributed by atoms with Crippen LogP contribution in [-0.2, 0) is 20.8 Å². The van der Waals surface area contributed by atoms with Gasteiger partial charge >= 0.3 is 0 Å². The average molecular weight is 864 g/mol. The summed E-state index contributed by atoms with van der Waals surface area (Å²) in [5, 5.41) is 12.4. The topological polar surface area (TPSA) is 187 Å². The second-order valence-corrected chi connectivity index (χ2v) is 18.0. The highest BCUT2D eigenvalue weighted by Crippen LogP contribution is 2.37. The molecule has 16 nitrogen and oxygen atoms in total. The Hall–Kier alpha value is -6.68. The summed E-state index contributed by atoms with van der Waals surface area (Å²) in [6.45, 7) is 5.80. The number of imide groups is 2. The molecule has 16 heteroatoms. The van der Waals surface area contributed by atoms with Gasteiger partial charge in [0.15, 0.2) is 17.0 Å². The molecule has 10 rings (SSSR count). The van der Waals surface area contributed by atoms with E-state index in [1.807, 2.05) is 42.7 Å². The largest absolute Gasteiger partial charge is 0.384 e. The van der Waals surface area contributed by atoms with Gasteiger partial charge in [-0.1, -0.05) is 36.4 Å². The van der Waals surface area contributed by atoms with Crippen LogP contribution in [0.2, 0.25) is 0 Å². The smallest absolute Gasteiger partial charge is 0.264 e. The fourth-order valence-electron chi connectivity index (χ4n) is 10.2. The quantitative estimate of drug-likeness (QED) is 0.115. The van der Waals surface area contributed by atoms with Crippen LogP contribution in [-0.4, -0.2) is 110 Å². The van der Waals surface area contributed by atoms with E-state index in [4.69, 9.17) is 4.98 Å². The number of imidazole rings is 1. The number of nitrogens with one attached hydrogen (secondary N) is 4. The zero-order chi connectivity index (χ0) is 43.7. The van der Waals surface area contributed by atoms with E-state index in [0.29, 0.717) is 47.4 Å². The molecule has 5 amide bonds. The van der Waals surface area contributed by atoms with Gasteiger partial charge in [-0.05, 0) is 98.7 Å². The normalized spacial score (nSPS) is 23.7. The van der Waals surface area contributed by atoms with Crippen molar-refractivity contribution in [2.24, 2.45) is 11.8 Å². The van der Waals surface area contributed by atoms with Gasteiger partial charge in [0.2, 0.25) is 17.7 Å². The Labute approximate surface area is 371 Å². The van der Waals surface area contributed by atoms with Crippen LogP contribution in [0.5, 0.6) is 0 Å². The first-order chi connectivity index (χ1) is 31.2. The molecule has 3 aromatic carbocycles. The van der Waals surface area contributed by atoms with Gasteiger partial charge in [0.05, 0.1) is 23.9 Å². The molecule has 5 heterocycles. The number of fused-ring (bicyclic) bond motifs is 2. The maximum Gasteiger partial charge on any atom is 0.264 e. The number of nitrogens with zero attached hydrogens (tertiary/aromatic N) is 7. The molecule has 1 atom stereocenters. The van der Waals surface area contributed by atoms with Crippen LogP contribution in [0.15, 0.2) is 85.5 Å². The summed E-state index contributed by atoms with van der Waals surface area (Å²) in [6, 6.07) is 22.9. The maximum absolute atomic E-state index is 13.5. The summed E-state index contributed by atoms with van der Waals surface area (Å²) in [4.78, 5) is 83.4. The minimum Gasteiger partial charge on any atom is -0.384 e. The van der Waals surface area contributed by atoms with Crippen molar-refractivity contribution in [1.82, 2.24) is 40.0 Å². The van der Waals surface area contributed by atoms with Crippen molar-refractivity contribution in [3.05, 3.63) is 102 Å². The number of anilines is 4. The number of piperidine rings is 1. The number of carbonyl (C=O) groups is 5. The van der Waals surface area contributed by atoms with Crippen molar-refractivity contribution in [1.29, 1.82) is 0 Å². The van der Waals surface area contributed by atoms with E-state index < -0.39 is 23.8 Å². The molecule has 2 aromatic heterocycles. The molecule has 64 heavy (non-hydrogen) atoms. The van der Waals surface area contributed by atoms with E-state index >= 15 is 0 Å². The van der Waals surface area contributed by atoms with Crippen molar-refractivity contribution in [3.63, 3.8) is 0 Å². The van der Waals surface area contributed by atoms with Gasteiger partial charge in [-0.3, -0.25) is 39.1 Å². The average Bonchev–Trinajstić information content (AvgIpc) is 3.84. The predicted octanol–water partition coefficient (Wildman–Crippen LogP) is 5.07. The third-order valence-electron chi connectivity index (χ3n) is 13.8. The highest BCUT2D eigenvalue weighted by atomic mass is 16.2. The highest BCUT2D eigenvalue weighted by Gasteiger charge is 2.45. The molecule has 5 aromatic rings. The molecular weight excluding hydrogens is 811 g/mol. The zero-order valence-electron chi connectivity index (χ0n) is 35.7. The SMILES string of the molecule is O=C1CC[C@H](N2C(=O)c3cccc(NCC4CCC(CN5CCN(c6ccc(Nc7ncnc8c7ncn8C7CC(NC(=O)Cc8ccccc8)C7)cc6)CC5)CC4)c3C2=O)C(=O)N1. The fraction of sp³-hybridized carbons (Fsp3) is 0.417. The second-order valence-electron chi connectivity index (χ2n) is 18.0. The Balaban J connectivity index is 0.656. The summed E-state index contributed by atoms with van der Waals surface area (Å²) in [5.41, 5.74) is 5.87. The summed E-state index contributed by atoms with van der Waals surface area (Å²) < 4.78 is 2.10. The maximum atomic E-state index is 13.5. The molecular formula is C48H53N11O5. The molecule has 0 bridgehead atoms. The zero-order valence-corrected chi connectivity index (χ0v) is 35.7. The van der Waals surface area contributed by atoms with Gasteiger partial charge in [0.1, 0.15) is 12.4 Å². The molecule has 2 saturated heterocycles. The molecule has 0 unspecified atom stereocenters. The van der Waals surface area contributed by atoms with Crippen molar-refractivity contribution >= 4 is 63.6 Å². The third-order valence-corrected chi connectivity index (χ3v) is 13.8. The van der Waals surface area contributed by atoms with Crippen LogP contribution in [0.1, 0.15) is 83.7 Å². The van der Waals surface area contributed by atoms with Gasteiger partial charge in [-0.25, -0.2) is 15.0 Å². The number of benzene rings is 3. The van der Waals surface area contributed by atoms with Crippen molar-refractivity contribution < 1.29 is 24.0 Å². The van der Waals surface area contributed by atoms with E-state index in [1.54, 1.807) is 18.5 Å². The van der Waals surface area contributed by atoms with Crippen LogP contribution < -0.4 is 26.2 Å². The van der Waals surface area contributed by atoms with Gasteiger partial charge in [0, 0.05) is 74.8 Å². The molecule has 3 aliphatic heterocycles. The molecule has 5 aliphatic rings. The van der Waals surface area contributed by atoms with E-state index in [-0.39, 0.29) is 36.7 Å². The Morgan fingerprint density at radius 1 is 0.781 bits per heavy atom. The number of hydrogen-bond donors (Lipinski definition) is 4. The minimum absolute atomic E-state index is 0.0466. The fourth-order valence-corrected chi connectivity index (χ4v) is 10.2. The van der Waals surface area contributed by atoms with Gasteiger partial charge < -0.3 is 25.4 Å². The van der Waals surface area contributed by atoms with Crippen LogP contribution >= 0.6 is 0 Å². The molecule has 330 valence electrons. The first-order valence-electron chi connectivity index (χ1n) is 22.7. The number of carbonyl (C=O) groups excluding carboxylic acids is 5. The lowest BCUT2D eigenvalue weighted by molar-refractivity contribution is -0.136. The molecule has 0 radical (unpaired) electrons. The molecule has 4 N–H and O–H groups in total. The van der Waals surface area contributed by atoms with Crippen LogP contribution in [0.25, 0.3) is 11.2 Å². The third kappa shape index (κ3) is 8.53. The van der Waals surface area contributed by atoms with E-state index in [1.165, 1.54) is 5.69 Å². The number of rotatable bonds is 13. The van der Waals surface area contributed by atoms with E-state index in [9.17, 15) is 24.0 Å². The first kappa shape index (κ1) is 41.3. The van der Waals surface area contributed by atoms with Gasteiger partial charge in [0.25, 0.3) is 11.8 Å². The highest BCUT2D eigenvalue weighted by molar-refractivity contribution is 6.25. The lowest BCUT2D eigenvalue weighted by Crippen LogP contribution is -2.54. The Morgan fingerprint density at radius 3 is 2.31 bits per heavy atom. The first-order valence-corrected chi connectivity index (χ1v) is 22.7. The summed E-state index contributed by atoms with van der Waals surface area (Å²) in [6.07, 6.45) is 10.2. The number of aromatic nitrogens is 4. The van der Waals surface area contributed by atoms with Crippen molar-refractivity contribution in [2.75, 3.05) is 54.8 Å². The minimum atomic E-state index is -0.977. The van der Waals surface area contributed by atoms with Crippen LogP contribution in [0, 0.1) is 11.8 Å². The monoisotopic (exact) mass is 863 g/mol. The summed E-state index contributed by atoms with van der Waals surface area (Å²) >= 11 is 0. The van der Waals surface area contributed by atoms with Gasteiger partial charge in [-0.15, -0.1) is 0 Å². The van der Waals surface area contributed by atoms with Crippen molar-refractivity contribution in [2.45, 2.75) is 75.9 Å². The number of piperazine rings is 1. The Bertz CT molecular complexity index is 2560. The standard InChI is InChI=1S/C48H53N11O5/c60-40-18-17-39(46(62)55-40)59-47(63)37-7-4-8-38(42(37)48(59)64)49-26-31-9-11-32(12-10-31)27-56-19-21-57(22-20-56)35-15-13-33(14-16-35)54-44-43-45(51-28-50-44)58(29-52-43)36-24-34(25-36)53-41(61)23-30-5-2-1-3-6-30/h1-8,13-16,28-29,31-32,34,36,39,49H,9-12,17-27H2,(H,53,61)(H,50,51,54)(H,55,60,62)/t31?,32?,34?,36?,39-/m0/s1. The Morgan fingerprint density at radius 2 is 1.55 bits per heavy atom. The Kier molecular flexibility index (Phi) is 11.5. The predicted molar refractivity (Wildman–Crippen MR) is 241 cm³/mol. The number of hydrogen-bond acceptors (Lipinski definition) is 12.